The lowest BCUT2D eigenvalue weighted by Crippen LogP contribution is -2.18. The average Bonchev–Trinajstić information content (AvgIpc) is 2.99. The molecule has 2 amide bonds. The topological polar surface area (TPSA) is 58.2 Å². The van der Waals surface area contributed by atoms with Crippen molar-refractivity contribution in [3.8, 4) is 0 Å². The largest absolute Gasteiger partial charge is 0.326 e. The molecule has 0 saturated heterocycles. The van der Waals surface area contributed by atoms with E-state index in [-0.39, 0.29) is 16.5 Å². The number of halogens is 5. The molecule has 2 N–H and O–H groups in total. The van der Waals surface area contributed by atoms with Gasteiger partial charge in [0.2, 0.25) is 5.91 Å². The second-order valence-electron chi connectivity index (χ2n) is 6.98. The highest BCUT2D eigenvalue weighted by molar-refractivity contribution is 7.08. The Bertz CT molecular complexity index is 1150. The van der Waals surface area contributed by atoms with Gasteiger partial charge in [-0.2, -0.15) is 11.3 Å². The molecule has 4 nitrogen and oxygen atoms in total. The summed E-state index contributed by atoms with van der Waals surface area (Å²) in [7, 11) is 0. The Hall–Kier alpha value is -1.47. The van der Waals surface area contributed by atoms with Crippen molar-refractivity contribution < 1.29 is 9.59 Å². The van der Waals surface area contributed by atoms with Crippen LogP contribution in [0.5, 0.6) is 0 Å². The predicted octanol–water partition coefficient (Wildman–Crippen LogP) is 7.49. The lowest BCUT2D eigenvalue weighted by atomic mass is 10.1. The van der Waals surface area contributed by atoms with Crippen LogP contribution in [0.1, 0.15) is 21.8 Å². The van der Waals surface area contributed by atoms with Crippen molar-refractivity contribution in [2.75, 3.05) is 10.6 Å². The molecule has 1 saturated carbocycles. The third-order valence-corrected chi connectivity index (χ3v) is 7.23. The van der Waals surface area contributed by atoms with Crippen LogP contribution in [0.3, 0.4) is 0 Å². The Balaban J connectivity index is 1.51. The minimum Gasteiger partial charge on any atom is -0.326 e. The van der Waals surface area contributed by atoms with Gasteiger partial charge in [0.1, 0.15) is 4.33 Å². The summed E-state index contributed by atoms with van der Waals surface area (Å²) in [5.74, 6) is -1.97. The van der Waals surface area contributed by atoms with Crippen LogP contribution in [-0.2, 0) is 4.79 Å². The quantitative estimate of drug-likeness (QED) is 0.333. The van der Waals surface area contributed by atoms with Crippen molar-refractivity contribution in [3.05, 3.63) is 79.4 Å². The van der Waals surface area contributed by atoms with Gasteiger partial charge in [0, 0.05) is 27.0 Å². The maximum atomic E-state index is 12.9. The minimum atomic E-state index is -1.30. The van der Waals surface area contributed by atoms with E-state index in [1.165, 1.54) is 23.5 Å². The van der Waals surface area contributed by atoms with Gasteiger partial charge in [-0.25, -0.2) is 0 Å². The molecule has 160 valence electrons. The maximum absolute atomic E-state index is 12.9. The fourth-order valence-corrected chi connectivity index (χ4v) is 5.52. The first-order valence-electron chi connectivity index (χ1n) is 8.94. The Morgan fingerprint density at radius 1 is 0.903 bits per heavy atom. The normalized spacial score (nSPS) is 19.0. The van der Waals surface area contributed by atoms with E-state index in [0.29, 0.717) is 27.0 Å². The number of thiophene rings is 1. The summed E-state index contributed by atoms with van der Waals surface area (Å²) in [5, 5.41) is 10.3. The van der Waals surface area contributed by atoms with Crippen LogP contribution in [0.25, 0.3) is 0 Å². The molecule has 1 aliphatic rings. The third-order valence-electron chi connectivity index (χ3n) is 4.84. The smallest absolute Gasteiger partial charge is 0.257 e. The highest BCUT2D eigenvalue weighted by atomic mass is 35.5. The number of benzene rings is 2. The molecule has 1 fully saturated rings. The number of carbonyl (C=O) groups excluding carboxylic acids is 2. The molecular weight excluding hydrogens is 522 g/mol. The van der Waals surface area contributed by atoms with Gasteiger partial charge in [0.15, 0.2) is 0 Å². The van der Waals surface area contributed by atoms with E-state index in [2.05, 4.69) is 10.6 Å². The van der Waals surface area contributed by atoms with Crippen LogP contribution >= 0.6 is 69.3 Å². The standard InChI is InChI=1S/C21H13Cl5N2O2S/c22-11-5-10(6-12(23)7-11)17-18(21(17,25)26)20(30)27-13-1-2-16(24)15(8-13)19(29)28-14-3-4-31-9-14/h1-9,17-18H,(H,27,30)(H,28,29)/t17-,18+/m1/s1. The third kappa shape index (κ3) is 4.82. The summed E-state index contributed by atoms with van der Waals surface area (Å²) < 4.78 is -1.30. The van der Waals surface area contributed by atoms with Gasteiger partial charge in [-0.15, -0.1) is 23.2 Å². The number of rotatable bonds is 5. The second-order valence-corrected chi connectivity index (χ2v) is 10.5. The van der Waals surface area contributed by atoms with Gasteiger partial charge in [0.05, 0.1) is 22.2 Å². The van der Waals surface area contributed by atoms with E-state index in [9.17, 15) is 9.59 Å². The predicted molar refractivity (Wildman–Crippen MR) is 129 cm³/mol. The second kappa shape index (κ2) is 8.81. The molecule has 10 heteroatoms. The Morgan fingerprint density at radius 2 is 1.61 bits per heavy atom. The van der Waals surface area contributed by atoms with Crippen molar-refractivity contribution in [3.63, 3.8) is 0 Å². The van der Waals surface area contributed by atoms with Crippen molar-refractivity contribution in [1.82, 2.24) is 0 Å². The van der Waals surface area contributed by atoms with E-state index in [1.807, 2.05) is 5.38 Å². The van der Waals surface area contributed by atoms with E-state index in [0.717, 1.165) is 0 Å². The highest BCUT2D eigenvalue weighted by Gasteiger charge is 2.67. The van der Waals surface area contributed by atoms with Crippen LogP contribution in [-0.4, -0.2) is 16.1 Å². The summed E-state index contributed by atoms with van der Waals surface area (Å²) in [4.78, 5) is 25.4. The van der Waals surface area contributed by atoms with Gasteiger partial charge < -0.3 is 10.6 Å². The molecule has 0 aliphatic heterocycles. The summed E-state index contributed by atoms with van der Waals surface area (Å²) >= 11 is 32.6. The summed E-state index contributed by atoms with van der Waals surface area (Å²) in [6.45, 7) is 0. The monoisotopic (exact) mass is 532 g/mol. The zero-order valence-corrected chi connectivity index (χ0v) is 20.1. The molecule has 0 spiro atoms. The summed E-state index contributed by atoms with van der Waals surface area (Å²) in [6.07, 6.45) is 0. The fourth-order valence-electron chi connectivity index (χ4n) is 3.35. The SMILES string of the molecule is O=C(Nc1ccsc1)c1cc(NC(=O)[C@@H]2[C@@H](c3cc(Cl)cc(Cl)c3)C2(Cl)Cl)ccc1Cl. The first kappa shape index (κ1) is 22.7. The van der Waals surface area contributed by atoms with Crippen LogP contribution in [0.2, 0.25) is 15.1 Å². The zero-order valence-electron chi connectivity index (χ0n) is 15.5. The maximum Gasteiger partial charge on any atom is 0.257 e. The van der Waals surface area contributed by atoms with Crippen LogP contribution in [0, 0.1) is 5.92 Å². The van der Waals surface area contributed by atoms with Gasteiger partial charge >= 0.3 is 0 Å². The van der Waals surface area contributed by atoms with E-state index in [4.69, 9.17) is 58.0 Å². The molecule has 1 aliphatic carbocycles. The minimum absolute atomic E-state index is 0.225. The van der Waals surface area contributed by atoms with Crippen molar-refractivity contribution in [2.24, 2.45) is 5.92 Å². The van der Waals surface area contributed by atoms with E-state index < -0.39 is 22.1 Å². The molecule has 31 heavy (non-hydrogen) atoms. The van der Waals surface area contributed by atoms with Gasteiger partial charge in [0.25, 0.3) is 5.91 Å². The molecule has 1 aromatic heterocycles. The lowest BCUT2D eigenvalue weighted by Gasteiger charge is -2.10. The first-order valence-corrected chi connectivity index (χ1v) is 11.8. The van der Waals surface area contributed by atoms with Crippen molar-refractivity contribution >= 4 is 92.5 Å². The molecule has 1 heterocycles. The Labute approximate surface area is 207 Å². The molecule has 4 rings (SSSR count). The van der Waals surface area contributed by atoms with Crippen LogP contribution in [0.15, 0.2) is 53.2 Å². The Kier molecular flexibility index (Phi) is 6.46. The highest BCUT2D eigenvalue weighted by Crippen LogP contribution is 2.65. The Morgan fingerprint density at radius 3 is 2.26 bits per heavy atom. The molecule has 0 unspecified atom stereocenters. The van der Waals surface area contributed by atoms with Gasteiger partial charge in [-0.1, -0.05) is 34.8 Å². The number of alkyl halides is 2. The van der Waals surface area contributed by atoms with Crippen LogP contribution in [0.4, 0.5) is 11.4 Å². The van der Waals surface area contributed by atoms with Crippen LogP contribution < -0.4 is 10.6 Å². The molecule has 2 atom stereocenters. The molecule has 3 aromatic rings. The number of nitrogens with one attached hydrogen (secondary N) is 2. The summed E-state index contributed by atoms with van der Waals surface area (Å²) in [6, 6.07) is 11.4. The number of amides is 2. The zero-order chi connectivity index (χ0) is 22.3. The van der Waals surface area contributed by atoms with Gasteiger partial charge in [-0.05, 0) is 53.4 Å². The molecule has 2 aromatic carbocycles. The van der Waals surface area contributed by atoms with Gasteiger partial charge in [-0.3, -0.25) is 9.59 Å². The number of hydrogen-bond donors (Lipinski definition) is 2. The first-order chi connectivity index (χ1) is 14.7. The van der Waals surface area contributed by atoms with E-state index >= 15 is 0 Å². The summed E-state index contributed by atoms with van der Waals surface area (Å²) in [5.41, 5.74) is 1.96. The van der Waals surface area contributed by atoms with Crippen molar-refractivity contribution in [1.29, 1.82) is 0 Å². The lowest BCUT2D eigenvalue weighted by molar-refractivity contribution is -0.117. The van der Waals surface area contributed by atoms with Crippen molar-refractivity contribution in [2.45, 2.75) is 10.3 Å². The molecular formula is C21H13Cl5N2O2S. The number of carbonyl (C=O) groups is 2. The fraction of sp³-hybridized carbons (Fsp3) is 0.143. The molecule has 0 radical (unpaired) electrons. The molecule has 0 bridgehead atoms. The van der Waals surface area contributed by atoms with E-state index in [1.54, 1.807) is 35.7 Å². The number of anilines is 2. The number of hydrogen-bond acceptors (Lipinski definition) is 3. The average molecular weight is 535 g/mol.